The average molecular weight is 363 g/mol. The lowest BCUT2D eigenvalue weighted by Crippen LogP contribution is -2.36. The number of carbonyl (C=O) groups is 2. The van der Waals surface area contributed by atoms with E-state index in [1.165, 1.54) is 0 Å². The minimum atomic E-state index is -0.650. The Morgan fingerprint density at radius 2 is 1.70 bits per heavy atom. The molecule has 2 atom stereocenters. The van der Waals surface area contributed by atoms with Gasteiger partial charge in [0.15, 0.2) is 0 Å². The Hall–Kier alpha value is -2.92. The Kier molecular flexibility index (Phi) is 4.77. The number of rotatable bonds is 4. The van der Waals surface area contributed by atoms with E-state index < -0.39 is 17.7 Å². The van der Waals surface area contributed by atoms with Gasteiger partial charge in [0.25, 0.3) is 11.7 Å². The van der Waals surface area contributed by atoms with Gasteiger partial charge in [-0.2, -0.15) is 0 Å². The van der Waals surface area contributed by atoms with Gasteiger partial charge in [-0.25, -0.2) is 0 Å². The molecule has 138 valence electrons. The largest absolute Gasteiger partial charge is 0.507 e. The third-order valence-corrected chi connectivity index (χ3v) is 5.13. The Bertz CT molecular complexity index is 870. The molecule has 0 aliphatic carbocycles. The molecule has 2 heterocycles. The monoisotopic (exact) mass is 363 g/mol. The number of nitrogens with zero attached hydrogens (tertiary/aromatic N) is 1. The number of ether oxygens (including phenoxy) is 1. The van der Waals surface area contributed by atoms with Crippen molar-refractivity contribution in [2.45, 2.75) is 25.0 Å². The van der Waals surface area contributed by atoms with Gasteiger partial charge in [0, 0.05) is 18.7 Å². The lowest BCUT2D eigenvalue weighted by Gasteiger charge is -2.27. The highest BCUT2D eigenvalue weighted by atomic mass is 16.5. The number of likely N-dealkylation sites (tertiary alicyclic amines) is 1. The molecule has 2 aromatic carbocycles. The summed E-state index contributed by atoms with van der Waals surface area (Å²) in [6, 6.07) is 17.6. The zero-order valence-electron chi connectivity index (χ0n) is 14.9. The fourth-order valence-electron chi connectivity index (χ4n) is 3.81. The van der Waals surface area contributed by atoms with Crippen LogP contribution in [-0.2, 0) is 14.3 Å². The molecule has 0 aromatic heterocycles. The maximum Gasteiger partial charge on any atom is 0.295 e. The van der Waals surface area contributed by atoms with E-state index in [4.69, 9.17) is 4.74 Å². The second-order valence-electron chi connectivity index (χ2n) is 6.86. The zero-order valence-corrected chi connectivity index (χ0v) is 14.9. The van der Waals surface area contributed by atoms with Gasteiger partial charge in [-0.05, 0) is 18.4 Å². The third-order valence-electron chi connectivity index (χ3n) is 5.13. The van der Waals surface area contributed by atoms with Crippen LogP contribution >= 0.6 is 0 Å². The molecule has 2 saturated heterocycles. The van der Waals surface area contributed by atoms with Crippen LogP contribution in [0.2, 0.25) is 0 Å². The van der Waals surface area contributed by atoms with Gasteiger partial charge in [0.05, 0.1) is 17.7 Å². The first-order chi connectivity index (χ1) is 13.2. The second-order valence-corrected chi connectivity index (χ2v) is 6.86. The Balaban J connectivity index is 1.81. The molecule has 0 bridgehead atoms. The minimum Gasteiger partial charge on any atom is -0.507 e. The summed E-state index contributed by atoms with van der Waals surface area (Å²) in [6.07, 6.45) is 1.74. The number of ketones is 1. The molecular formula is C22H21NO4. The molecule has 0 radical (unpaired) electrons. The number of hydrogen-bond donors (Lipinski definition) is 1. The van der Waals surface area contributed by atoms with Crippen LogP contribution in [0.5, 0.6) is 0 Å². The van der Waals surface area contributed by atoms with E-state index in [1.807, 2.05) is 36.4 Å². The number of aliphatic hydroxyl groups excluding tert-OH is 1. The molecule has 0 saturated carbocycles. The summed E-state index contributed by atoms with van der Waals surface area (Å²) in [4.78, 5) is 27.2. The topological polar surface area (TPSA) is 66.8 Å². The molecule has 5 heteroatoms. The van der Waals surface area contributed by atoms with Gasteiger partial charge in [0.1, 0.15) is 5.76 Å². The van der Waals surface area contributed by atoms with Crippen molar-refractivity contribution in [3.63, 3.8) is 0 Å². The Morgan fingerprint density at radius 1 is 1.04 bits per heavy atom. The van der Waals surface area contributed by atoms with Crippen LogP contribution in [0.25, 0.3) is 5.76 Å². The quantitative estimate of drug-likeness (QED) is 0.514. The number of aliphatic hydroxyl groups is 1. The second kappa shape index (κ2) is 7.37. The van der Waals surface area contributed by atoms with Crippen molar-refractivity contribution < 1.29 is 19.4 Å². The van der Waals surface area contributed by atoms with E-state index in [-0.39, 0.29) is 17.4 Å². The van der Waals surface area contributed by atoms with Crippen molar-refractivity contribution in [3.8, 4) is 0 Å². The summed E-state index contributed by atoms with van der Waals surface area (Å²) in [5, 5.41) is 10.9. The SMILES string of the molecule is O=C1C(=O)N(C[C@H]2CCCO2)[C@H](c2ccccc2)C1=C(O)c1ccccc1. The van der Waals surface area contributed by atoms with E-state index >= 15 is 0 Å². The first kappa shape index (κ1) is 17.5. The van der Waals surface area contributed by atoms with Gasteiger partial charge < -0.3 is 14.7 Å². The molecule has 4 rings (SSSR count). The van der Waals surface area contributed by atoms with E-state index in [1.54, 1.807) is 29.2 Å². The summed E-state index contributed by atoms with van der Waals surface area (Å²) in [5.41, 5.74) is 1.45. The van der Waals surface area contributed by atoms with Gasteiger partial charge in [-0.1, -0.05) is 60.7 Å². The maximum absolute atomic E-state index is 12.8. The summed E-state index contributed by atoms with van der Waals surface area (Å²) in [6.45, 7) is 1.02. The van der Waals surface area contributed by atoms with E-state index in [2.05, 4.69) is 0 Å². The van der Waals surface area contributed by atoms with Crippen molar-refractivity contribution in [2.75, 3.05) is 13.2 Å². The predicted octanol–water partition coefficient (Wildman–Crippen LogP) is 3.29. The lowest BCUT2D eigenvalue weighted by atomic mass is 9.95. The first-order valence-electron chi connectivity index (χ1n) is 9.17. The molecule has 2 aliphatic rings. The van der Waals surface area contributed by atoms with E-state index in [0.717, 1.165) is 18.4 Å². The number of Topliss-reactive ketones (excluding diaryl/α,β-unsaturated/α-hetero) is 1. The van der Waals surface area contributed by atoms with Crippen LogP contribution in [0.1, 0.15) is 30.0 Å². The molecule has 0 unspecified atom stereocenters. The molecule has 2 fully saturated rings. The van der Waals surface area contributed by atoms with Gasteiger partial charge in [0.2, 0.25) is 0 Å². The maximum atomic E-state index is 12.8. The molecule has 5 nitrogen and oxygen atoms in total. The average Bonchev–Trinajstić information content (AvgIpc) is 3.31. The van der Waals surface area contributed by atoms with Crippen molar-refractivity contribution >= 4 is 17.4 Å². The Labute approximate surface area is 157 Å². The molecule has 0 spiro atoms. The van der Waals surface area contributed by atoms with Crippen LogP contribution in [0.4, 0.5) is 0 Å². The van der Waals surface area contributed by atoms with E-state index in [9.17, 15) is 14.7 Å². The fraction of sp³-hybridized carbons (Fsp3) is 0.273. The molecule has 2 aromatic rings. The summed E-state index contributed by atoms with van der Waals surface area (Å²) in [5.74, 6) is -1.38. The van der Waals surface area contributed by atoms with Crippen molar-refractivity contribution in [1.29, 1.82) is 0 Å². The fourth-order valence-corrected chi connectivity index (χ4v) is 3.81. The van der Waals surface area contributed by atoms with Crippen LogP contribution in [0.15, 0.2) is 66.2 Å². The summed E-state index contributed by atoms with van der Waals surface area (Å²) >= 11 is 0. The van der Waals surface area contributed by atoms with Gasteiger partial charge >= 0.3 is 0 Å². The third kappa shape index (κ3) is 3.26. The molecule has 2 aliphatic heterocycles. The zero-order chi connectivity index (χ0) is 18.8. The van der Waals surface area contributed by atoms with Crippen LogP contribution in [0, 0.1) is 0 Å². The van der Waals surface area contributed by atoms with Gasteiger partial charge in [-0.15, -0.1) is 0 Å². The molecule has 1 N–H and O–H groups in total. The highest BCUT2D eigenvalue weighted by molar-refractivity contribution is 6.46. The van der Waals surface area contributed by atoms with Gasteiger partial charge in [-0.3, -0.25) is 9.59 Å². The number of carbonyl (C=O) groups excluding carboxylic acids is 2. The van der Waals surface area contributed by atoms with Crippen molar-refractivity contribution in [1.82, 2.24) is 4.90 Å². The molecule has 27 heavy (non-hydrogen) atoms. The highest BCUT2D eigenvalue weighted by Gasteiger charge is 2.46. The number of amides is 1. The summed E-state index contributed by atoms with van der Waals surface area (Å²) in [7, 11) is 0. The summed E-state index contributed by atoms with van der Waals surface area (Å²) < 4.78 is 5.68. The van der Waals surface area contributed by atoms with Crippen LogP contribution in [0.3, 0.4) is 0 Å². The van der Waals surface area contributed by atoms with Crippen LogP contribution < -0.4 is 0 Å². The number of hydrogen-bond acceptors (Lipinski definition) is 4. The van der Waals surface area contributed by atoms with Crippen LogP contribution in [-0.4, -0.2) is 41.0 Å². The lowest BCUT2D eigenvalue weighted by molar-refractivity contribution is -0.140. The standard InChI is InChI=1S/C22H21NO4/c24-20(16-10-5-2-6-11-16)18-19(15-8-3-1-4-9-15)23(22(26)21(18)25)14-17-12-7-13-27-17/h1-6,8-11,17,19,24H,7,12-14H2/t17-,19-/m1/s1. The molecule has 1 amide bonds. The normalized spacial score (nSPS) is 24.5. The van der Waals surface area contributed by atoms with Crippen molar-refractivity contribution in [3.05, 3.63) is 77.4 Å². The smallest absolute Gasteiger partial charge is 0.295 e. The minimum absolute atomic E-state index is 0.0776. The first-order valence-corrected chi connectivity index (χ1v) is 9.17. The molecular weight excluding hydrogens is 342 g/mol. The predicted molar refractivity (Wildman–Crippen MR) is 101 cm³/mol. The highest BCUT2D eigenvalue weighted by Crippen LogP contribution is 2.39. The number of benzene rings is 2. The van der Waals surface area contributed by atoms with Crippen molar-refractivity contribution in [2.24, 2.45) is 0 Å². The Morgan fingerprint density at radius 3 is 2.33 bits per heavy atom. The van der Waals surface area contributed by atoms with E-state index in [0.29, 0.717) is 18.7 Å².